The van der Waals surface area contributed by atoms with Gasteiger partial charge in [0.15, 0.2) is 15.7 Å². The van der Waals surface area contributed by atoms with Crippen LogP contribution in [0.15, 0.2) is 23.4 Å². The van der Waals surface area contributed by atoms with Crippen LogP contribution in [0.25, 0.3) is 16.3 Å². The van der Waals surface area contributed by atoms with Crippen molar-refractivity contribution < 1.29 is 21.9 Å². The van der Waals surface area contributed by atoms with E-state index >= 15 is 0 Å². The SMILES string of the molecule is CC1(NS(=O)(=O)c2cc(N3CC4CCOC4C3)c3ncc(-c4nnc(C(F)F)s4)n3c2)CC1. The van der Waals surface area contributed by atoms with Crippen molar-refractivity contribution in [1.29, 1.82) is 0 Å². The van der Waals surface area contributed by atoms with Gasteiger partial charge in [-0.3, -0.25) is 4.40 Å². The second kappa shape index (κ2) is 7.39. The molecule has 33 heavy (non-hydrogen) atoms. The Balaban J connectivity index is 1.48. The maximum absolute atomic E-state index is 13.2. The Morgan fingerprint density at radius 1 is 1.30 bits per heavy atom. The normalized spacial score (nSPS) is 24.2. The number of hydrogen-bond acceptors (Lipinski definition) is 8. The highest BCUT2D eigenvalue weighted by molar-refractivity contribution is 7.89. The van der Waals surface area contributed by atoms with E-state index in [4.69, 9.17) is 4.74 Å². The molecule has 5 heterocycles. The van der Waals surface area contributed by atoms with Crippen LogP contribution in [0, 0.1) is 5.92 Å². The van der Waals surface area contributed by atoms with Crippen molar-refractivity contribution >= 4 is 32.7 Å². The lowest BCUT2D eigenvalue weighted by Gasteiger charge is -2.22. The summed E-state index contributed by atoms with van der Waals surface area (Å²) in [4.78, 5) is 6.71. The molecule has 2 unspecified atom stereocenters. The molecule has 0 radical (unpaired) electrons. The van der Waals surface area contributed by atoms with Gasteiger partial charge >= 0.3 is 0 Å². The van der Waals surface area contributed by atoms with Crippen LogP contribution in [0.3, 0.4) is 0 Å². The first-order chi connectivity index (χ1) is 15.7. The third kappa shape index (κ3) is 3.70. The monoisotopic (exact) mass is 496 g/mol. The summed E-state index contributed by atoms with van der Waals surface area (Å²) >= 11 is 0.767. The summed E-state index contributed by atoms with van der Waals surface area (Å²) in [6.07, 6.45) is 2.92. The van der Waals surface area contributed by atoms with Crippen LogP contribution < -0.4 is 9.62 Å². The molecule has 1 aliphatic carbocycles. The molecule has 0 aromatic carbocycles. The topological polar surface area (TPSA) is 102 Å². The Hall–Kier alpha value is -2.22. The van der Waals surface area contributed by atoms with Gasteiger partial charge in [-0.05, 0) is 32.3 Å². The van der Waals surface area contributed by atoms with E-state index in [1.165, 1.54) is 12.4 Å². The molecular weight excluding hydrogens is 474 g/mol. The second-order valence-corrected chi connectivity index (χ2v) is 11.9. The smallest absolute Gasteiger partial charge is 0.291 e. The molecule has 3 aromatic rings. The lowest BCUT2D eigenvalue weighted by Crippen LogP contribution is -2.34. The number of sulfonamides is 1. The molecule has 0 bridgehead atoms. The van der Waals surface area contributed by atoms with E-state index in [1.54, 1.807) is 10.5 Å². The summed E-state index contributed by atoms with van der Waals surface area (Å²) in [6.45, 7) is 4.00. The van der Waals surface area contributed by atoms with Gasteiger partial charge in [0.25, 0.3) is 6.43 Å². The molecule has 1 saturated carbocycles. The number of hydrogen-bond donors (Lipinski definition) is 1. The summed E-state index contributed by atoms with van der Waals surface area (Å²) in [5.41, 5.74) is 1.19. The van der Waals surface area contributed by atoms with Gasteiger partial charge < -0.3 is 9.64 Å². The number of nitrogens with one attached hydrogen (secondary N) is 1. The number of ether oxygens (including phenoxy) is 1. The van der Waals surface area contributed by atoms with E-state index < -0.39 is 27.0 Å². The van der Waals surface area contributed by atoms with Crippen molar-refractivity contribution in [2.45, 2.75) is 49.2 Å². The van der Waals surface area contributed by atoms with Crippen molar-refractivity contribution in [3.63, 3.8) is 0 Å². The van der Waals surface area contributed by atoms with Crippen LogP contribution in [-0.2, 0) is 14.8 Å². The Labute approximate surface area is 192 Å². The third-order valence-corrected chi connectivity index (χ3v) is 9.20. The first-order valence-electron chi connectivity index (χ1n) is 10.8. The van der Waals surface area contributed by atoms with Gasteiger partial charge in [0.2, 0.25) is 10.0 Å². The van der Waals surface area contributed by atoms with Crippen LogP contribution in [-0.4, -0.2) is 59.3 Å². The molecule has 3 aromatic heterocycles. The molecule has 176 valence electrons. The molecule has 2 atom stereocenters. The van der Waals surface area contributed by atoms with E-state index in [2.05, 4.69) is 24.8 Å². The minimum absolute atomic E-state index is 0.0916. The zero-order valence-electron chi connectivity index (χ0n) is 17.7. The van der Waals surface area contributed by atoms with Gasteiger partial charge in [0, 0.05) is 37.4 Å². The number of nitrogens with zero attached hydrogens (tertiary/aromatic N) is 5. The van der Waals surface area contributed by atoms with Crippen LogP contribution >= 0.6 is 11.3 Å². The fourth-order valence-corrected chi connectivity index (χ4v) is 6.74. The van der Waals surface area contributed by atoms with Crippen LogP contribution in [0.1, 0.15) is 37.6 Å². The van der Waals surface area contributed by atoms with E-state index in [9.17, 15) is 17.2 Å². The van der Waals surface area contributed by atoms with Crippen molar-refractivity contribution in [2.75, 3.05) is 24.6 Å². The lowest BCUT2D eigenvalue weighted by atomic mass is 10.1. The second-order valence-electron chi connectivity index (χ2n) is 9.17. The van der Waals surface area contributed by atoms with Crippen molar-refractivity contribution in [2.24, 2.45) is 5.92 Å². The Morgan fingerprint density at radius 3 is 2.82 bits per heavy atom. The summed E-state index contributed by atoms with van der Waals surface area (Å²) in [7, 11) is -3.81. The number of pyridine rings is 1. The third-order valence-electron chi connectivity index (χ3n) is 6.64. The molecule has 0 spiro atoms. The zero-order valence-corrected chi connectivity index (χ0v) is 19.4. The lowest BCUT2D eigenvalue weighted by molar-refractivity contribution is 0.114. The first-order valence-corrected chi connectivity index (χ1v) is 13.1. The average molecular weight is 497 g/mol. The van der Waals surface area contributed by atoms with E-state index in [1.807, 2.05) is 6.92 Å². The van der Waals surface area contributed by atoms with E-state index in [0.717, 1.165) is 43.8 Å². The molecular formula is C20H22F2N6O3S2. The predicted octanol–water partition coefficient (Wildman–Crippen LogP) is 2.85. The number of aromatic nitrogens is 4. The average Bonchev–Trinajstić information content (AvgIpc) is 3.27. The Kier molecular flexibility index (Phi) is 4.77. The number of fused-ring (bicyclic) bond motifs is 2. The van der Waals surface area contributed by atoms with Crippen molar-refractivity contribution in [3.8, 4) is 10.7 Å². The molecule has 0 amide bonds. The van der Waals surface area contributed by atoms with Gasteiger partial charge in [0.05, 0.1) is 18.0 Å². The van der Waals surface area contributed by atoms with Crippen molar-refractivity contribution in [1.82, 2.24) is 24.3 Å². The maximum Gasteiger partial charge on any atom is 0.291 e. The number of halogens is 2. The van der Waals surface area contributed by atoms with Crippen LogP contribution in [0.4, 0.5) is 14.5 Å². The highest BCUT2D eigenvalue weighted by Gasteiger charge is 2.42. The van der Waals surface area contributed by atoms with Gasteiger partial charge in [-0.15, -0.1) is 10.2 Å². The molecule has 3 aliphatic rings. The highest BCUT2D eigenvalue weighted by Crippen LogP contribution is 2.39. The molecule has 9 nitrogen and oxygen atoms in total. The standard InChI is InChI=1S/C20H22F2N6O3S2/c1-20(3-4-20)26-33(29,30)12-6-13(27-8-11-2-5-31-15(11)10-27)17-23-7-14(28(17)9-12)18-24-25-19(32-18)16(21)22/h6-7,9,11,15-16,26H,2-5,8,10H2,1H3. The first kappa shape index (κ1) is 21.3. The fourth-order valence-electron chi connectivity index (χ4n) is 4.56. The van der Waals surface area contributed by atoms with Crippen LogP contribution in [0.2, 0.25) is 0 Å². The predicted molar refractivity (Wildman–Crippen MR) is 117 cm³/mol. The molecule has 6 rings (SSSR count). The molecule has 2 saturated heterocycles. The number of alkyl halides is 2. The summed E-state index contributed by atoms with van der Waals surface area (Å²) in [6, 6.07) is 1.64. The number of imidazole rings is 1. The molecule has 3 fully saturated rings. The largest absolute Gasteiger partial charge is 0.376 e. The number of rotatable bonds is 6. The van der Waals surface area contributed by atoms with E-state index in [0.29, 0.717) is 29.5 Å². The van der Waals surface area contributed by atoms with E-state index in [-0.39, 0.29) is 16.0 Å². The van der Waals surface area contributed by atoms with Gasteiger partial charge in [-0.25, -0.2) is 26.9 Å². The maximum atomic E-state index is 13.2. The minimum Gasteiger partial charge on any atom is -0.376 e. The molecule has 2 aliphatic heterocycles. The Morgan fingerprint density at radius 2 is 2.12 bits per heavy atom. The van der Waals surface area contributed by atoms with Gasteiger partial charge in [-0.2, -0.15) is 0 Å². The summed E-state index contributed by atoms with van der Waals surface area (Å²) in [5, 5.41) is 7.32. The fraction of sp³-hybridized carbons (Fsp3) is 0.550. The summed E-state index contributed by atoms with van der Waals surface area (Å²) in [5.74, 6) is 0.389. The highest BCUT2D eigenvalue weighted by atomic mass is 32.2. The number of anilines is 1. The van der Waals surface area contributed by atoms with Gasteiger partial charge in [0.1, 0.15) is 10.6 Å². The Bertz CT molecular complexity index is 1320. The molecule has 13 heteroatoms. The minimum atomic E-state index is -3.81. The quantitative estimate of drug-likeness (QED) is 0.560. The van der Waals surface area contributed by atoms with Crippen LogP contribution in [0.5, 0.6) is 0 Å². The summed E-state index contributed by atoms with van der Waals surface area (Å²) < 4.78 is 62.9. The van der Waals surface area contributed by atoms with Gasteiger partial charge in [-0.1, -0.05) is 11.3 Å². The molecule has 1 N–H and O–H groups in total. The zero-order chi connectivity index (χ0) is 23.0. The van der Waals surface area contributed by atoms with Crippen molar-refractivity contribution in [3.05, 3.63) is 23.5 Å².